The minimum absolute atomic E-state index is 0.137. The van der Waals surface area contributed by atoms with Crippen LogP contribution in [-0.4, -0.2) is 16.3 Å². The topological polar surface area (TPSA) is 51.2 Å². The summed E-state index contributed by atoms with van der Waals surface area (Å²) in [6.45, 7) is 0.742. The van der Waals surface area contributed by atoms with Gasteiger partial charge in [-0.2, -0.15) is 0 Å². The van der Waals surface area contributed by atoms with Crippen LogP contribution in [0.1, 0.15) is 0 Å². The first-order chi connectivity index (χ1) is 8.31. The van der Waals surface area contributed by atoms with E-state index in [-0.39, 0.29) is 6.61 Å². The molecular weight excluding hydrogens is 212 g/mol. The number of aliphatic hydroxyl groups is 1. The van der Waals surface area contributed by atoms with Gasteiger partial charge in [-0.25, -0.2) is 0 Å². The maximum Gasteiger partial charge on any atom is 0.0610 e. The highest BCUT2D eigenvalue weighted by Gasteiger charge is 2.09. The van der Waals surface area contributed by atoms with E-state index in [1.54, 1.807) is 0 Å². The van der Waals surface area contributed by atoms with Crippen molar-refractivity contribution in [2.75, 3.05) is 12.3 Å². The maximum absolute atomic E-state index is 9.17. The van der Waals surface area contributed by atoms with Crippen LogP contribution in [0.3, 0.4) is 0 Å². The SMILES string of the molecule is Nc1ccc2c(c1)c1ccccc1n2CCO. The number of hydrogen-bond acceptors (Lipinski definition) is 2. The summed E-state index contributed by atoms with van der Waals surface area (Å²) in [5.74, 6) is 0. The minimum Gasteiger partial charge on any atom is -0.399 e. The molecule has 0 spiro atoms. The van der Waals surface area contributed by atoms with Crippen molar-refractivity contribution in [1.29, 1.82) is 0 Å². The van der Waals surface area contributed by atoms with E-state index in [2.05, 4.69) is 16.7 Å². The molecule has 3 heteroatoms. The summed E-state index contributed by atoms with van der Waals surface area (Å²) in [7, 11) is 0. The van der Waals surface area contributed by atoms with E-state index >= 15 is 0 Å². The standard InChI is InChI=1S/C14H14N2O/c15-10-5-6-14-12(9-10)11-3-1-2-4-13(11)16(14)7-8-17/h1-6,9,17H,7-8,15H2. The van der Waals surface area contributed by atoms with E-state index in [1.807, 2.05) is 30.3 Å². The molecule has 0 bridgehead atoms. The fourth-order valence-corrected chi connectivity index (χ4v) is 2.41. The highest BCUT2D eigenvalue weighted by molar-refractivity contribution is 6.08. The molecule has 0 aliphatic heterocycles. The molecule has 0 amide bonds. The van der Waals surface area contributed by atoms with Gasteiger partial charge in [0.05, 0.1) is 6.61 Å². The van der Waals surface area contributed by atoms with Gasteiger partial charge >= 0.3 is 0 Å². The fraction of sp³-hybridized carbons (Fsp3) is 0.143. The van der Waals surface area contributed by atoms with Gasteiger partial charge in [0.1, 0.15) is 0 Å². The summed E-state index contributed by atoms with van der Waals surface area (Å²) in [6.07, 6.45) is 0. The van der Waals surface area contributed by atoms with Crippen LogP contribution in [0.25, 0.3) is 21.8 Å². The number of benzene rings is 2. The first kappa shape index (κ1) is 10.2. The largest absolute Gasteiger partial charge is 0.399 e. The number of hydrogen-bond donors (Lipinski definition) is 2. The maximum atomic E-state index is 9.17. The first-order valence-corrected chi connectivity index (χ1v) is 5.68. The van der Waals surface area contributed by atoms with Gasteiger partial charge in [-0.3, -0.25) is 0 Å². The van der Waals surface area contributed by atoms with Gasteiger partial charge in [0, 0.05) is 34.0 Å². The number of aliphatic hydroxyl groups excluding tert-OH is 1. The number of nitrogens with two attached hydrogens (primary N) is 1. The lowest BCUT2D eigenvalue weighted by molar-refractivity contribution is 0.280. The summed E-state index contributed by atoms with van der Waals surface area (Å²) >= 11 is 0. The molecule has 0 aliphatic carbocycles. The predicted octanol–water partition coefficient (Wildman–Crippen LogP) is 2.37. The molecule has 17 heavy (non-hydrogen) atoms. The van der Waals surface area contributed by atoms with Crippen molar-refractivity contribution in [1.82, 2.24) is 4.57 Å². The first-order valence-electron chi connectivity index (χ1n) is 5.68. The summed E-state index contributed by atoms with van der Waals surface area (Å²) in [5.41, 5.74) is 8.87. The molecule has 0 fully saturated rings. The molecule has 0 saturated heterocycles. The smallest absolute Gasteiger partial charge is 0.0610 e. The molecular formula is C14H14N2O. The van der Waals surface area contributed by atoms with Gasteiger partial charge in [-0.05, 0) is 24.3 Å². The number of fused-ring (bicyclic) bond motifs is 3. The molecule has 3 aromatic rings. The number of nitrogen functional groups attached to an aromatic ring is 1. The van der Waals surface area contributed by atoms with Gasteiger partial charge < -0.3 is 15.4 Å². The monoisotopic (exact) mass is 226 g/mol. The lowest BCUT2D eigenvalue weighted by Crippen LogP contribution is -2.01. The Morgan fingerprint density at radius 1 is 1.00 bits per heavy atom. The predicted molar refractivity (Wildman–Crippen MR) is 70.9 cm³/mol. The second kappa shape index (κ2) is 3.79. The van der Waals surface area contributed by atoms with E-state index in [0.717, 1.165) is 22.1 Å². The Morgan fingerprint density at radius 3 is 2.59 bits per heavy atom. The third kappa shape index (κ3) is 1.47. The summed E-state index contributed by atoms with van der Waals surface area (Å²) in [5, 5.41) is 11.5. The zero-order valence-corrected chi connectivity index (χ0v) is 9.43. The van der Waals surface area contributed by atoms with Crippen LogP contribution in [0.5, 0.6) is 0 Å². The lowest BCUT2D eigenvalue weighted by Gasteiger charge is -2.04. The van der Waals surface area contributed by atoms with Crippen LogP contribution in [0.15, 0.2) is 42.5 Å². The molecule has 3 rings (SSSR count). The molecule has 0 radical (unpaired) electrons. The average molecular weight is 226 g/mol. The quantitative estimate of drug-likeness (QED) is 0.659. The molecule has 86 valence electrons. The number of nitrogens with zero attached hydrogens (tertiary/aromatic N) is 1. The Balaban J connectivity index is 2.48. The summed E-state index contributed by atoms with van der Waals surface area (Å²) in [4.78, 5) is 0. The normalized spacial score (nSPS) is 11.4. The van der Waals surface area contributed by atoms with Crippen LogP contribution < -0.4 is 5.73 Å². The number of para-hydroxylation sites is 1. The number of aromatic nitrogens is 1. The minimum atomic E-state index is 0.137. The highest BCUT2D eigenvalue weighted by Crippen LogP contribution is 2.30. The molecule has 1 aromatic heterocycles. The third-order valence-electron chi connectivity index (χ3n) is 3.12. The zero-order valence-electron chi connectivity index (χ0n) is 9.43. The van der Waals surface area contributed by atoms with E-state index in [0.29, 0.717) is 6.54 Å². The molecule has 3 N–H and O–H groups in total. The molecule has 2 aromatic carbocycles. The summed E-state index contributed by atoms with van der Waals surface area (Å²) in [6, 6.07) is 14.1. The van der Waals surface area contributed by atoms with Crippen molar-refractivity contribution >= 4 is 27.5 Å². The third-order valence-corrected chi connectivity index (χ3v) is 3.12. The Morgan fingerprint density at radius 2 is 1.76 bits per heavy atom. The Kier molecular flexibility index (Phi) is 2.27. The van der Waals surface area contributed by atoms with Crippen LogP contribution in [0, 0.1) is 0 Å². The number of rotatable bonds is 2. The van der Waals surface area contributed by atoms with Crippen molar-refractivity contribution in [2.24, 2.45) is 0 Å². The van der Waals surface area contributed by atoms with E-state index in [1.165, 1.54) is 5.39 Å². The van der Waals surface area contributed by atoms with Crippen molar-refractivity contribution in [3.05, 3.63) is 42.5 Å². The Bertz CT molecular complexity index is 685. The fourth-order valence-electron chi connectivity index (χ4n) is 2.41. The highest BCUT2D eigenvalue weighted by atomic mass is 16.3. The molecule has 0 unspecified atom stereocenters. The molecule has 3 nitrogen and oxygen atoms in total. The van der Waals surface area contributed by atoms with Crippen molar-refractivity contribution in [3.63, 3.8) is 0 Å². The van der Waals surface area contributed by atoms with E-state index in [4.69, 9.17) is 10.8 Å². The van der Waals surface area contributed by atoms with Crippen LogP contribution >= 0.6 is 0 Å². The van der Waals surface area contributed by atoms with Crippen molar-refractivity contribution < 1.29 is 5.11 Å². The van der Waals surface area contributed by atoms with Gasteiger partial charge in [0.2, 0.25) is 0 Å². The molecule has 0 saturated carbocycles. The van der Waals surface area contributed by atoms with Gasteiger partial charge in [0.25, 0.3) is 0 Å². The second-order valence-electron chi connectivity index (χ2n) is 4.17. The second-order valence-corrected chi connectivity index (χ2v) is 4.17. The van der Waals surface area contributed by atoms with Crippen LogP contribution in [0.4, 0.5) is 5.69 Å². The number of anilines is 1. The van der Waals surface area contributed by atoms with Crippen LogP contribution in [0.2, 0.25) is 0 Å². The van der Waals surface area contributed by atoms with Crippen molar-refractivity contribution in [3.8, 4) is 0 Å². The van der Waals surface area contributed by atoms with Crippen molar-refractivity contribution in [2.45, 2.75) is 6.54 Å². The summed E-state index contributed by atoms with van der Waals surface area (Å²) < 4.78 is 2.13. The van der Waals surface area contributed by atoms with E-state index < -0.39 is 0 Å². The van der Waals surface area contributed by atoms with Crippen LogP contribution in [-0.2, 0) is 6.54 Å². The lowest BCUT2D eigenvalue weighted by atomic mass is 10.1. The molecule has 0 aliphatic rings. The van der Waals surface area contributed by atoms with Gasteiger partial charge in [-0.1, -0.05) is 18.2 Å². The Hall–Kier alpha value is -2.00. The zero-order chi connectivity index (χ0) is 11.8. The van der Waals surface area contributed by atoms with Gasteiger partial charge in [-0.15, -0.1) is 0 Å². The average Bonchev–Trinajstić information content (AvgIpc) is 2.65. The molecule has 1 heterocycles. The van der Waals surface area contributed by atoms with E-state index in [9.17, 15) is 0 Å². The molecule has 0 atom stereocenters. The van der Waals surface area contributed by atoms with Gasteiger partial charge in [0.15, 0.2) is 0 Å². The Labute approximate surface area is 99.1 Å².